The summed E-state index contributed by atoms with van der Waals surface area (Å²) in [6.07, 6.45) is 5.08. The average Bonchev–Trinajstić information content (AvgIpc) is 2.45. The number of hydrogen-bond acceptors (Lipinski definition) is 4. The quantitative estimate of drug-likeness (QED) is 0.637. The maximum Gasteiger partial charge on any atom is 0.240 e. The molecule has 0 saturated heterocycles. The second-order valence-corrected chi connectivity index (χ2v) is 7.89. The molecule has 2 N–H and O–H groups in total. The van der Waals surface area contributed by atoms with E-state index in [9.17, 15) is 8.42 Å². The zero-order valence-electron chi connectivity index (χ0n) is 12.5. The molecule has 0 saturated carbocycles. The van der Waals surface area contributed by atoms with E-state index in [-0.39, 0.29) is 4.90 Å². The maximum absolute atomic E-state index is 12.2. The normalized spacial score (nSPS) is 11.8. The van der Waals surface area contributed by atoms with E-state index in [1.54, 1.807) is 12.1 Å². The van der Waals surface area contributed by atoms with E-state index >= 15 is 0 Å². The van der Waals surface area contributed by atoms with Crippen molar-refractivity contribution in [1.82, 2.24) is 10.0 Å². The summed E-state index contributed by atoms with van der Waals surface area (Å²) in [6, 6.07) is 4.84. The lowest BCUT2D eigenvalue weighted by atomic mass is 10.2. The number of rotatable bonds is 10. The lowest BCUT2D eigenvalue weighted by molar-refractivity contribution is 0.576. The first kappa shape index (κ1) is 18.8. The Morgan fingerprint density at radius 2 is 2.00 bits per heavy atom. The van der Waals surface area contributed by atoms with Crippen molar-refractivity contribution in [1.29, 1.82) is 0 Å². The number of benzene rings is 1. The van der Waals surface area contributed by atoms with E-state index in [1.165, 1.54) is 6.07 Å². The van der Waals surface area contributed by atoms with Gasteiger partial charge >= 0.3 is 0 Å². The number of nitrogens with one attached hydrogen (secondary N) is 2. The molecule has 4 nitrogen and oxygen atoms in total. The smallest absolute Gasteiger partial charge is 0.240 e. The summed E-state index contributed by atoms with van der Waals surface area (Å²) in [4.78, 5) is 0.219. The Morgan fingerprint density at radius 1 is 1.24 bits per heavy atom. The van der Waals surface area contributed by atoms with E-state index in [1.807, 2.05) is 18.8 Å². The maximum atomic E-state index is 12.2. The highest BCUT2D eigenvalue weighted by Gasteiger charge is 2.14. The monoisotopic (exact) mass is 350 g/mol. The molecule has 0 aliphatic rings. The van der Waals surface area contributed by atoms with Crippen LogP contribution in [-0.4, -0.2) is 34.0 Å². The van der Waals surface area contributed by atoms with Gasteiger partial charge in [0.05, 0.1) is 4.90 Å². The van der Waals surface area contributed by atoms with Crippen LogP contribution in [0.3, 0.4) is 0 Å². The zero-order valence-corrected chi connectivity index (χ0v) is 14.9. The van der Waals surface area contributed by atoms with Crippen molar-refractivity contribution >= 4 is 33.4 Å². The van der Waals surface area contributed by atoms with E-state index in [0.717, 1.165) is 30.6 Å². The minimum absolute atomic E-state index is 0.219. The van der Waals surface area contributed by atoms with Gasteiger partial charge in [-0.05, 0) is 49.6 Å². The molecule has 0 aliphatic carbocycles. The molecule has 0 radical (unpaired) electrons. The lowest BCUT2D eigenvalue weighted by Crippen LogP contribution is -2.25. The van der Waals surface area contributed by atoms with Crippen LogP contribution in [0, 0.1) is 0 Å². The van der Waals surface area contributed by atoms with Gasteiger partial charge in [-0.25, -0.2) is 13.1 Å². The molecular weight excluding hydrogens is 328 g/mol. The number of unbranched alkanes of at least 4 members (excludes halogenated alkanes) is 2. The van der Waals surface area contributed by atoms with Gasteiger partial charge in [-0.15, -0.1) is 0 Å². The molecule has 1 rings (SSSR count). The van der Waals surface area contributed by atoms with Crippen molar-refractivity contribution in [2.75, 3.05) is 25.6 Å². The van der Waals surface area contributed by atoms with Crippen molar-refractivity contribution < 1.29 is 8.42 Å². The largest absolute Gasteiger partial charge is 0.316 e. The average molecular weight is 351 g/mol. The van der Waals surface area contributed by atoms with Gasteiger partial charge in [-0.1, -0.05) is 24.1 Å². The Hall–Kier alpha value is -0.270. The third-order valence-corrected chi connectivity index (χ3v) is 5.53. The highest BCUT2D eigenvalue weighted by Crippen LogP contribution is 2.20. The Balaban J connectivity index is 2.56. The summed E-state index contributed by atoms with van der Waals surface area (Å²) in [7, 11) is -1.65. The predicted molar refractivity (Wildman–Crippen MR) is 91.6 cm³/mol. The molecule has 0 amide bonds. The topological polar surface area (TPSA) is 58.2 Å². The number of hydrogen-bond donors (Lipinski definition) is 2. The van der Waals surface area contributed by atoms with Crippen LogP contribution in [0.15, 0.2) is 23.1 Å². The molecule has 1 aromatic carbocycles. The van der Waals surface area contributed by atoms with Crippen LogP contribution < -0.4 is 10.0 Å². The van der Waals surface area contributed by atoms with Crippen LogP contribution in [0.25, 0.3) is 0 Å². The summed E-state index contributed by atoms with van der Waals surface area (Å²) in [5.74, 6) is 1.12. The highest BCUT2D eigenvalue weighted by molar-refractivity contribution is 7.98. The Labute approximate surface area is 137 Å². The summed E-state index contributed by atoms with van der Waals surface area (Å²) in [6.45, 7) is 1.08. The van der Waals surface area contributed by atoms with Crippen LogP contribution in [0.4, 0.5) is 0 Å². The molecule has 0 aromatic heterocycles. The SMILES string of the molecule is CNCc1ccc(S(=O)(=O)NCCCCCSC)cc1Cl. The lowest BCUT2D eigenvalue weighted by Gasteiger charge is -2.09. The molecule has 120 valence electrons. The standard InChI is InChI=1S/C14H23ClN2O2S2/c1-16-11-12-6-7-13(10-14(12)15)21(18,19)17-8-4-3-5-9-20-2/h6-7,10,16-17H,3-5,8-9,11H2,1-2H3. The summed E-state index contributed by atoms with van der Waals surface area (Å²) in [5.41, 5.74) is 0.884. The molecule has 0 atom stereocenters. The zero-order chi connectivity index (χ0) is 15.7. The molecular formula is C14H23ClN2O2S2. The third-order valence-electron chi connectivity index (χ3n) is 3.02. The minimum Gasteiger partial charge on any atom is -0.316 e. The fraction of sp³-hybridized carbons (Fsp3) is 0.571. The predicted octanol–water partition coefficient (Wildman–Crippen LogP) is 2.87. The van der Waals surface area contributed by atoms with Crippen LogP contribution in [0.2, 0.25) is 5.02 Å². The van der Waals surface area contributed by atoms with Gasteiger partial charge in [0.2, 0.25) is 10.0 Å². The van der Waals surface area contributed by atoms with Crippen LogP contribution in [-0.2, 0) is 16.6 Å². The van der Waals surface area contributed by atoms with Crippen molar-refractivity contribution in [2.45, 2.75) is 30.7 Å². The third kappa shape index (κ3) is 6.57. The molecule has 0 unspecified atom stereocenters. The molecule has 7 heteroatoms. The van der Waals surface area contributed by atoms with Crippen LogP contribution >= 0.6 is 23.4 Å². The first-order valence-electron chi connectivity index (χ1n) is 6.93. The van der Waals surface area contributed by atoms with E-state index < -0.39 is 10.0 Å². The van der Waals surface area contributed by atoms with Gasteiger partial charge in [0.15, 0.2) is 0 Å². The van der Waals surface area contributed by atoms with E-state index in [0.29, 0.717) is 18.1 Å². The van der Waals surface area contributed by atoms with Crippen LogP contribution in [0.1, 0.15) is 24.8 Å². The van der Waals surface area contributed by atoms with Crippen molar-refractivity contribution in [3.63, 3.8) is 0 Å². The second kappa shape index (κ2) is 9.69. The first-order chi connectivity index (χ1) is 10.0. The fourth-order valence-corrected chi connectivity index (χ4v) is 3.77. The summed E-state index contributed by atoms with van der Waals surface area (Å²) in [5, 5.41) is 3.46. The number of halogens is 1. The van der Waals surface area contributed by atoms with Gasteiger partial charge < -0.3 is 5.32 Å². The molecule has 21 heavy (non-hydrogen) atoms. The molecule has 1 aromatic rings. The number of sulfonamides is 1. The van der Waals surface area contributed by atoms with Gasteiger partial charge in [0, 0.05) is 18.1 Å². The van der Waals surface area contributed by atoms with Crippen molar-refractivity contribution in [2.24, 2.45) is 0 Å². The Kier molecular flexibility index (Phi) is 8.66. The Bertz CT molecular complexity index is 536. The fourth-order valence-electron chi connectivity index (χ4n) is 1.87. The Morgan fingerprint density at radius 3 is 2.62 bits per heavy atom. The second-order valence-electron chi connectivity index (χ2n) is 4.73. The molecule has 0 heterocycles. The number of thioether (sulfide) groups is 1. The first-order valence-corrected chi connectivity index (χ1v) is 10.2. The van der Waals surface area contributed by atoms with Crippen molar-refractivity contribution in [3.05, 3.63) is 28.8 Å². The van der Waals surface area contributed by atoms with Crippen molar-refractivity contribution in [3.8, 4) is 0 Å². The van der Waals surface area contributed by atoms with Gasteiger partial charge in [-0.3, -0.25) is 0 Å². The minimum atomic E-state index is -3.47. The molecule has 0 spiro atoms. The van der Waals surface area contributed by atoms with Gasteiger partial charge in [-0.2, -0.15) is 11.8 Å². The van der Waals surface area contributed by atoms with E-state index in [2.05, 4.69) is 16.3 Å². The molecule has 0 bridgehead atoms. The van der Waals surface area contributed by atoms with Gasteiger partial charge in [0.25, 0.3) is 0 Å². The molecule has 0 aliphatic heterocycles. The highest BCUT2D eigenvalue weighted by atomic mass is 35.5. The van der Waals surface area contributed by atoms with Crippen LogP contribution in [0.5, 0.6) is 0 Å². The molecule has 0 fully saturated rings. The van der Waals surface area contributed by atoms with Gasteiger partial charge in [0.1, 0.15) is 0 Å². The summed E-state index contributed by atoms with van der Waals surface area (Å²) >= 11 is 7.91. The van der Waals surface area contributed by atoms with E-state index in [4.69, 9.17) is 11.6 Å². The summed E-state index contributed by atoms with van der Waals surface area (Å²) < 4.78 is 26.9.